The quantitative estimate of drug-likeness (QED) is 0.855. The molecule has 0 spiro atoms. The van der Waals surface area contributed by atoms with Crippen LogP contribution in [0.1, 0.15) is 19.4 Å². The first-order valence-electron chi connectivity index (χ1n) is 7.73. The minimum absolute atomic E-state index is 0.00758. The highest BCUT2D eigenvalue weighted by molar-refractivity contribution is 6.30. The van der Waals surface area contributed by atoms with Crippen LogP contribution in [0.15, 0.2) is 36.4 Å². The largest absolute Gasteiger partial charge is 0.495 e. The van der Waals surface area contributed by atoms with Crippen molar-refractivity contribution in [2.45, 2.75) is 20.4 Å². The van der Waals surface area contributed by atoms with Gasteiger partial charge in [0.2, 0.25) is 0 Å². The van der Waals surface area contributed by atoms with Gasteiger partial charge in [0.25, 0.3) is 5.91 Å². The van der Waals surface area contributed by atoms with E-state index >= 15 is 0 Å². The number of carbonyl (C=O) groups is 1. The molecule has 0 aromatic heterocycles. The van der Waals surface area contributed by atoms with Crippen LogP contribution in [-0.2, 0) is 11.3 Å². The Balaban J connectivity index is 0.00000100. The Bertz CT molecular complexity index is 717. The van der Waals surface area contributed by atoms with E-state index in [0.717, 1.165) is 5.56 Å². The van der Waals surface area contributed by atoms with Crippen LogP contribution in [0.2, 0.25) is 5.02 Å². The van der Waals surface area contributed by atoms with E-state index in [1.54, 1.807) is 29.2 Å². The number of nitrogens with zero attached hydrogens (tertiary/aromatic N) is 1. The number of halogens is 1. The predicted octanol–water partition coefficient (Wildman–Crippen LogP) is 3.88. The van der Waals surface area contributed by atoms with Crippen molar-refractivity contribution < 1.29 is 14.3 Å². The highest BCUT2D eigenvalue weighted by atomic mass is 35.5. The van der Waals surface area contributed by atoms with Gasteiger partial charge in [-0.05, 0) is 17.7 Å². The Hall–Kier alpha value is -2.40. The minimum Gasteiger partial charge on any atom is -0.495 e. The van der Waals surface area contributed by atoms with E-state index in [9.17, 15) is 4.79 Å². The van der Waals surface area contributed by atoms with Crippen molar-refractivity contribution in [1.29, 1.82) is 0 Å². The van der Waals surface area contributed by atoms with Gasteiger partial charge in [0.15, 0.2) is 6.61 Å². The van der Waals surface area contributed by atoms with Gasteiger partial charge in [-0.2, -0.15) is 0 Å². The molecular weight excluding hydrogens is 328 g/mol. The van der Waals surface area contributed by atoms with E-state index in [2.05, 4.69) is 0 Å². The van der Waals surface area contributed by atoms with Crippen molar-refractivity contribution in [2.75, 3.05) is 24.4 Å². The molecule has 5 nitrogen and oxygen atoms in total. The zero-order chi connectivity index (χ0) is 17.7. The molecule has 0 fully saturated rings. The summed E-state index contributed by atoms with van der Waals surface area (Å²) < 4.78 is 10.7. The highest BCUT2D eigenvalue weighted by Crippen LogP contribution is 2.39. The third-order valence-corrected chi connectivity index (χ3v) is 3.76. The molecule has 3 rings (SSSR count). The molecule has 0 saturated heterocycles. The molecular formula is C18H21ClN2O3. The first-order chi connectivity index (χ1) is 11.6. The third-order valence-electron chi connectivity index (χ3n) is 3.51. The predicted molar refractivity (Wildman–Crippen MR) is 96.9 cm³/mol. The SMILES string of the molecule is CC.COc1cc2c(cc1N)OCC(=O)N2Cc1ccc(Cl)cc1. The summed E-state index contributed by atoms with van der Waals surface area (Å²) in [6.45, 7) is 4.42. The van der Waals surface area contributed by atoms with E-state index in [1.165, 1.54) is 7.11 Å². The van der Waals surface area contributed by atoms with Gasteiger partial charge in [-0.15, -0.1) is 0 Å². The minimum atomic E-state index is -0.116. The van der Waals surface area contributed by atoms with Crippen molar-refractivity contribution in [3.63, 3.8) is 0 Å². The molecule has 1 amide bonds. The normalized spacial score (nSPS) is 12.7. The van der Waals surface area contributed by atoms with Gasteiger partial charge in [0.05, 0.1) is 25.0 Å². The second kappa shape index (κ2) is 7.93. The molecule has 0 atom stereocenters. The standard InChI is InChI=1S/C16H15ClN2O3.C2H6/c1-21-14-7-13-15(6-12(14)18)22-9-16(20)19(13)8-10-2-4-11(17)5-3-10;1-2/h2-7H,8-9,18H2,1H3;1-2H3. The molecule has 0 saturated carbocycles. The summed E-state index contributed by atoms with van der Waals surface area (Å²) in [6, 6.07) is 10.8. The van der Waals surface area contributed by atoms with Crippen LogP contribution in [0.4, 0.5) is 11.4 Å². The maximum absolute atomic E-state index is 12.2. The number of nitrogen functional groups attached to an aromatic ring is 1. The lowest BCUT2D eigenvalue weighted by molar-refractivity contribution is -0.121. The molecule has 0 aliphatic carbocycles. The first-order valence-corrected chi connectivity index (χ1v) is 8.11. The van der Waals surface area contributed by atoms with Crippen molar-refractivity contribution in [3.8, 4) is 11.5 Å². The van der Waals surface area contributed by atoms with E-state index < -0.39 is 0 Å². The first kappa shape index (κ1) is 17.9. The fourth-order valence-corrected chi connectivity index (χ4v) is 2.49. The Labute approximate surface area is 146 Å². The second-order valence-corrected chi connectivity index (χ2v) is 5.39. The van der Waals surface area contributed by atoms with Crippen molar-refractivity contribution in [2.24, 2.45) is 0 Å². The van der Waals surface area contributed by atoms with Crippen LogP contribution >= 0.6 is 11.6 Å². The molecule has 2 N–H and O–H groups in total. The van der Waals surface area contributed by atoms with Crippen molar-refractivity contribution >= 4 is 28.9 Å². The smallest absolute Gasteiger partial charge is 0.265 e. The summed E-state index contributed by atoms with van der Waals surface area (Å²) in [6.07, 6.45) is 0. The van der Waals surface area contributed by atoms with Gasteiger partial charge in [0.1, 0.15) is 11.5 Å². The molecule has 2 aromatic carbocycles. The monoisotopic (exact) mass is 348 g/mol. The number of rotatable bonds is 3. The Morgan fingerprint density at radius 1 is 1.25 bits per heavy atom. The Morgan fingerprint density at radius 3 is 2.54 bits per heavy atom. The summed E-state index contributed by atoms with van der Waals surface area (Å²) in [4.78, 5) is 13.9. The van der Waals surface area contributed by atoms with E-state index in [-0.39, 0.29) is 12.5 Å². The third kappa shape index (κ3) is 3.74. The summed E-state index contributed by atoms with van der Waals surface area (Å²) in [7, 11) is 1.53. The van der Waals surface area contributed by atoms with Gasteiger partial charge >= 0.3 is 0 Å². The van der Waals surface area contributed by atoms with Gasteiger partial charge in [0, 0.05) is 17.2 Å². The van der Waals surface area contributed by atoms with Crippen LogP contribution in [-0.4, -0.2) is 19.6 Å². The summed E-state index contributed by atoms with van der Waals surface area (Å²) in [5, 5.41) is 0.659. The topological polar surface area (TPSA) is 64.8 Å². The van der Waals surface area contributed by atoms with Crippen LogP contribution in [0, 0.1) is 0 Å². The number of anilines is 2. The van der Waals surface area contributed by atoms with Gasteiger partial charge < -0.3 is 20.1 Å². The number of benzene rings is 2. The average Bonchev–Trinajstić information content (AvgIpc) is 2.60. The Kier molecular flexibility index (Phi) is 5.93. The molecule has 6 heteroatoms. The second-order valence-electron chi connectivity index (χ2n) is 4.96. The number of carbonyl (C=O) groups excluding carboxylic acids is 1. The molecule has 0 unspecified atom stereocenters. The number of ether oxygens (including phenoxy) is 2. The number of amides is 1. The van der Waals surface area contributed by atoms with Crippen LogP contribution in [0.5, 0.6) is 11.5 Å². The van der Waals surface area contributed by atoms with Crippen LogP contribution in [0.25, 0.3) is 0 Å². The summed E-state index contributed by atoms with van der Waals surface area (Å²) in [5.41, 5.74) is 7.98. The number of fused-ring (bicyclic) bond motifs is 1. The molecule has 1 heterocycles. The molecule has 0 radical (unpaired) electrons. The highest BCUT2D eigenvalue weighted by Gasteiger charge is 2.27. The molecule has 128 valence electrons. The maximum Gasteiger partial charge on any atom is 0.265 e. The van der Waals surface area contributed by atoms with Gasteiger partial charge in [-0.3, -0.25) is 4.79 Å². The maximum atomic E-state index is 12.2. The molecule has 2 aromatic rings. The number of methoxy groups -OCH3 is 1. The molecule has 1 aliphatic heterocycles. The number of hydrogen-bond donors (Lipinski definition) is 1. The lowest BCUT2D eigenvalue weighted by Gasteiger charge is -2.30. The number of hydrogen-bond acceptors (Lipinski definition) is 4. The van der Waals surface area contributed by atoms with Crippen LogP contribution in [0.3, 0.4) is 0 Å². The number of nitrogens with two attached hydrogens (primary N) is 1. The average molecular weight is 349 g/mol. The Morgan fingerprint density at radius 2 is 1.92 bits per heavy atom. The molecule has 0 bridgehead atoms. The lowest BCUT2D eigenvalue weighted by atomic mass is 10.1. The van der Waals surface area contributed by atoms with Crippen molar-refractivity contribution in [1.82, 2.24) is 0 Å². The van der Waals surface area contributed by atoms with Crippen molar-refractivity contribution in [3.05, 3.63) is 47.0 Å². The zero-order valence-corrected chi connectivity index (χ0v) is 14.8. The summed E-state index contributed by atoms with van der Waals surface area (Å²) in [5.74, 6) is 0.972. The molecule has 1 aliphatic rings. The zero-order valence-electron chi connectivity index (χ0n) is 14.0. The van der Waals surface area contributed by atoms with Gasteiger partial charge in [-0.25, -0.2) is 0 Å². The fraction of sp³-hybridized carbons (Fsp3) is 0.278. The van der Waals surface area contributed by atoms with E-state index in [0.29, 0.717) is 34.4 Å². The van der Waals surface area contributed by atoms with E-state index in [4.69, 9.17) is 26.8 Å². The summed E-state index contributed by atoms with van der Waals surface area (Å²) >= 11 is 5.89. The van der Waals surface area contributed by atoms with E-state index in [1.807, 2.05) is 26.0 Å². The van der Waals surface area contributed by atoms with Crippen LogP contribution < -0.4 is 20.1 Å². The fourth-order valence-electron chi connectivity index (χ4n) is 2.37. The van der Waals surface area contributed by atoms with Gasteiger partial charge in [-0.1, -0.05) is 37.6 Å². The molecule has 24 heavy (non-hydrogen) atoms. The lowest BCUT2D eigenvalue weighted by Crippen LogP contribution is -2.38.